The number of rotatable bonds is 3. The molecule has 1 amide bonds. The minimum atomic E-state index is -0.281. The van der Waals surface area contributed by atoms with Gasteiger partial charge in [0.25, 0.3) is 5.91 Å². The van der Waals surface area contributed by atoms with E-state index < -0.39 is 0 Å². The van der Waals surface area contributed by atoms with E-state index in [-0.39, 0.29) is 17.6 Å². The summed E-state index contributed by atoms with van der Waals surface area (Å²) < 4.78 is 17.3. The Morgan fingerprint density at radius 2 is 1.85 bits per heavy atom. The van der Waals surface area contributed by atoms with Crippen molar-refractivity contribution in [1.82, 2.24) is 29.3 Å². The van der Waals surface area contributed by atoms with Crippen LogP contribution in [0.15, 0.2) is 48.7 Å². The first-order valence-corrected chi connectivity index (χ1v) is 11.6. The Balaban J connectivity index is 1.32. The quantitative estimate of drug-likeness (QED) is 0.480. The molecule has 1 unspecified atom stereocenters. The first-order chi connectivity index (χ1) is 16.2. The molecular weight excluding hydrogens is 419 g/mol. The van der Waals surface area contributed by atoms with Gasteiger partial charge in [-0.1, -0.05) is 6.07 Å². The molecule has 0 bridgehead atoms. The Morgan fingerprint density at radius 1 is 1.00 bits per heavy atom. The van der Waals surface area contributed by atoms with Crippen LogP contribution in [-0.4, -0.2) is 48.3 Å². The Hall–Kier alpha value is -3.55. The molecular formula is C25H25FN6O. The van der Waals surface area contributed by atoms with Crippen LogP contribution in [0, 0.1) is 5.82 Å². The van der Waals surface area contributed by atoms with Gasteiger partial charge in [-0.2, -0.15) is 5.10 Å². The summed E-state index contributed by atoms with van der Waals surface area (Å²) in [6.45, 7) is 1.32. The average Bonchev–Trinajstić information content (AvgIpc) is 3.46. The molecule has 8 heteroatoms. The molecule has 1 saturated heterocycles. The summed E-state index contributed by atoms with van der Waals surface area (Å²) in [6, 6.07) is 12.2. The highest BCUT2D eigenvalue weighted by atomic mass is 19.1. The van der Waals surface area contributed by atoms with Gasteiger partial charge in [-0.05, 0) is 74.9 Å². The number of carbonyl (C=O) groups is 1. The molecule has 0 N–H and O–H groups in total. The molecule has 2 aliphatic rings. The number of nitrogens with zero attached hydrogens (tertiary/aromatic N) is 6. The molecule has 1 aliphatic heterocycles. The molecule has 0 saturated carbocycles. The Bertz CT molecular complexity index is 1320. The van der Waals surface area contributed by atoms with Crippen LogP contribution in [0.3, 0.4) is 0 Å². The van der Waals surface area contributed by atoms with E-state index in [2.05, 4.69) is 10.2 Å². The van der Waals surface area contributed by atoms with Crippen molar-refractivity contribution >= 4 is 11.6 Å². The third-order valence-electron chi connectivity index (χ3n) is 6.87. The Kier molecular flexibility index (Phi) is 4.93. The maximum atomic E-state index is 13.7. The molecule has 4 aromatic rings. The van der Waals surface area contributed by atoms with Gasteiger partial charge in [-0.15, -0.1) is 10.2 Å². The van der Waals surface area contributed by atoms with Crippen molar-refractivity contribution in [3.05, 3.63) is 77.3 Å². The molecule has 1 atom stereocenters. The molecule has 0 spiro atoms. The maximum Gasteiger partial charge on any atom is 0.274 e. The van der Waals surface area contributed by atoms with Crippen molar-refractivity contribution in [3.8, 4) is 5.69 Å². The van der Waals surface area contributed by atoms with E-state index in [0.29, 0.717) is 18.8 Å². The number of halogens is 1. The highest BCUT2D eigenvalue weighted by Crippen LogP contribution is 2.31. The fourth-order valence-corrected chi connectivity index (χ4v) is 5.23. The fraction of sp³-hybridized carbons (Fsp3) is 0.360. The molecule has 3 aromatic heterocycles. The molecule has 0 radical (unpaired) electrons. The normalized spacial score (nSPS) is 18.5. The summed E-state index contributed by atoms with van der Waals surface area (Å²) >= 11 is 0. The lowest BCUT2D eigenvalue weighted by atomic mass is 9.94. The van der Waals surface area contributed by atoms with Crippen LogP contribution >= 0.6 is 0 Å². The van der Waals surface area contributed by atoms with Gasteiger partial charge in [0, 0.05) is 36.5 Å². The number of likely N-dealkylation sites (tertiary alicyclic amines) is 1. The summed E-state index contributed by atoms with van der Waals surface area (Å²) in [5, 5.41) is 13.5. The second kappa shape index (κ2) is 8.10. The van der Waals surface area contributed by atoms with Gasteiger partial charge in [-0.25, -0.2) is 9.07 Å². The van der Waals surface area contributed by atoms with Crippen LogP contribution in [0.25, 0.3) is 11.3 Å². The van der Waals surface area contributed by atoms with E-state index >= 15 is 0 Å². The molecule has 1 aliphatic carbocycles. The number of hydrogen-bond donors (Lipinski definition) is 0. The number of piperidine rings is 1. The van der Waals surface area contributed by atoms with E-state index in [1.54, 1.807) is 12.1 Å². The predicted molar refractivity (Wildman–Crippen MR) is 121 cm³/mol. The zero-order chi connectivity index (χ0) is 22.4. The van der Waals surface area contributed by atoms with Crippen molar-refractivity contribution in [1.29, 1.82) is 0 Å². The van der Waals surface area contributed by atoms with Crippen molar-refractivity contribution < 1.29 is 9.18 Å². The first kappa shape index (κ1) is 20.1. The van der Waals surface area contributed by atoms with E-state index in [1.807, 2.05) is 38.4 Å². The summed E-state index contributed by atoms with van der Waals surface area (Å²) in [5.41, 5.74) is 4.28. The fourth-order valence-electron chi connectivity index (χ4n) is 5.23. The Labute approximate surface area is 190 Å². The SMILES string of the molecule is O=C(c1nn(-c2ccc(F)cc2)c2c1CCCC2)N1CCCC(c2nnc3ccccn23)C1. The zero-order valence-corrected chi connectivity index (χ0v) is 18.3. The van der Waals surface area contributed by atoms with Crippen LogP contribution < -0.4 is 0 Å². The van der Waals surface area contributed by atoms with Gasteiger partial charge in [0.05, 0.1) is 5.69 Å². The number of pyridine rings is 1. The summed E-state index contributed by atoms with van der Waals surface area (Å²) in [5.74, 6) is 0.737. The van der Waals surface area contributed by atoms with Gasteiger partial charge in [0.2, 0.25) is 0 Å². The smallest absolute Gasteiger partial charge is 0.274 e. The highest BCUT2D eigenvalue weighted by molar-refractivity contribution is 5.94. The van der Waals surface area contributed by atoms with Crippen LogP contribution in [0.4, 0.5) is 4.39 Å². The largest absolute Gasteiger partial charge is 0.337 e. The lowest BCUT2D eigenvalue weighted by Gasteiger charge is -2.31. The van der Waals surface area contributed by atoms with Crippen LogP contribution in [0.2, 0.25) is 0 Å². The maximum absolute atomic E-state index is 13.7. The summed E-state index contributed by atoms with van der Waals surface area (Å²) in [7, 11) is 0. The number of amides is 1. The lowest BCUT2D eigenvalue weighted by Crippen LogP contribution is -2.40. The highest BCUT2D eigenvalue weighted by Gasteiger charge is 2.33. The number of carbonyl (C=O) groups excluding carboxylic acids is 1. The molecule has 4 heterocycles. The van der Waals surface area contributed by atoms with Crippen LogP contribution in [-0.2, 0) is 12.8 Å². The van der Waals surface area contributed by atoms with E-state index in [1.165, 1.54) is 12.1 Å². The molecule has 7 nitrogen and oxygen atoms in total. The number of fused-ring (bicyclic) bond motifs is 2. The molecule has 168 valence electrons. The van der Waals surface area contributed by atoms with E-state index in [0.717, 1.165) is 66.9 Å². The summed E-state index contributed by atoms with van der Waals surface area (Å²) in [6.07, 6.45) is 7.72. The minimum absolute atomic E-state index is 0.0208. The van der Waals surface area contributed by atoms with Crippen LogP contribution in [0.1, 0.15) is 59.2 Å². The third kappa shape index (κ3) is 3.50. The van der Waals surface area contributed by atoms with Crippen molar-refractivity contribution in [2.45, 2.75) is 44.4 Å². The summed E-state index contributed by atoms with van der Waals surface area (Å²) in [4.78, 5) is 15.6. The number of hydrogen-bond acceptors (Lipinski definition) is 4. The molecule has 1 aromatic carbocycles. The number of benzene rings is 1. The standard InChI is InChI=1S/C25H25FN6O/c26-18-10-12-19(13-11-18)32-21-8-2-1-7-20(21)23(29-32)25(33)30-14-5-6-17(16-30)24-28-27-22-9-3-4-15-31(22)24/h3-4,9-13,15,17H,1-2,5-8,14,16H2. The Morgan fingerprint density at radius 3 is 2.73 bits per heavy atom. The molecule has 1 fully saturated rings. The topological polar surface area (TPSA) is 68.3 Å². The van der Waals surface area contributed by atoms with Crippen molar-refractivity contribution in [3.63, 3.8) is 0 Å². The second-order valence-electron chi connectivity index (χ2n) is 8.95. The second-order valence-corrected chi connectivity index (χ2v) is 8.95. The number of aromatic nitrogens is 5. The van der Waals surface area contributed by atoms with E-state index in [9.17, 15) is 9.18 Å². The van der Waals surface area contributed by atoms with Gasteiger partial charge in [-0.3, -0.25) is 9.20 Å². The van der Waals surface area contributed by atoms with E-state index in [4.69, 9.17) is 5.10 Å². The van der Waals surface area contributed by atoms with Crippen molar-refractivity contribution in [2.24, 2.45) is 0 Å². The average molecular weight is 445 g/mol. The van der Waals surface area contributed by atoms with Gasteiger partial charge >= 0.3 is 0 Å². The predicted octanol–water partition coefficient (Wildman–Crippen LogP) is 3.95. The minimum Gasteiger partial charge on any atom is -0.337 e. The van der Waals surface area contributed by atoms with Crippen molar-refractivity contribution in [2.75, 3.05) is 13.1 Å². The lowest BCUT2D eigenvalue weighted by molar-refractivity contribution is 0.0696. The first-order valence-electron chi connectivity index (χ1n) is 11.6. The molecule has 6 rings (SSSR count). The van der Waals surface area contributed by atoms with Gasteiger partial charge in [0.1, 0.15) is 11.6 Å². The molecule has 33 heavy (non-hydrogen) atoms. The third-order valence-corrected chi connectivity index (χ3v) is 6.87. The monoisotopic (exact) mass is 444 g/mol. The van der Waals surface area contributed by atoms with Crippen LogP contribution in [0.5, 0.6) is 0 Å². The zero-order valence-electron chi connectivity index (χ0n) is 18.3. The van der Waals surface area contributed by atoms with Gasteiger partial charge in [0.15, 0.2) is 11.3 Å². The van der Waals surface area contributed by atoms with Gasteiger partial charge < -0.3 is 4.90 Å².